The molecule has 1 N–H and O–H groups in total. The fourth-order valence-electron chi connectivity index (χ4n) is 6.08. The first-order chi connectivity index (χ1) is 18.5. The summed E-state index contributed by atoms with van der Waals surface area (Å²) in [6, 6.07) is 10.1. The number of hydrogen-bond donors (Lipinski definition) is 1. The lowest BCUT2D eigenvalue weighted by Crippen LogP contribution is -2.47. The molecule has 10 heteroatoms. The number of nitrogens with zero attached hydrogens (tertiary/aromatic N) is 4. The third-order valence-corrected chi connectivity index (χ3v) is 8.60. The van der Waals surface area contributed by atoms with E-state index in [0.29, 0.717) is 29.9 Å². The molecule has 1 atom stereocenters. The first-order valence-corrected chi connectivity index (χ1v) is 13.3. The Morgan fingerprint density at radius 1 is 1.15 bits per heavy atom. The van der Waals surface area contributed by atoms with Gasteiger partial charge in [0.2, 0.25) is 0 Å². The van der Waals surface area contributed by atoms with Gasteiger partial charge in [0.1, 0.15) is 17.9 Å². The van der Waals surface area contributed by atoms with Gasteiger partial charge in [-0.25, -0.2) is 0 Å². The maximum atomic E-state index is 14.2. The number of ketones is 1. The lowest BCUT2D eigenvalue weighted by atomic mass is 9.71. The second kappa shape index (κ2) is 9.29. The normalized spacial score (nSPS) is 19.6. The number of carbonyl (C=O) groups is 2. The van der Waals surface area contributed by atoms with Gasteiger partial charge in [-0.15, -0.1) is 10.2 Å². The van der Waals surface area contributed by atoms with Crippen molar-refractivity contribution < 1.29 is 22.8 Å². The predicted octanol–water partition coefficient (Wildman–Crippen LogP) is 5.14. The van der Waals surface area contributed by atoms with Gasteiger partial charge >= 0.3 is 6.18 Å². The average molecular weight is 538 g/mol. The fourth-order valence-corrected chi connectivity index (χ4v) is 6.08. The molecular weight excluding hydrogens is 507 g/mol. The molecule has 2 saturated carbocycles. The fraction of sp³-hybridized carbons (Fsp3) is 0.448. The Balaban J connectivity index is 1.33. The van der Waals surface area contributed by atoms with Gasteiger partial charge in [0.25, 0.3) is 5.91 Å². The number of hydrogen-bond acceptors (Lipinski definition) is 5. The molecule has 1 unspecified atom stereocenters. The monoisotopic (exact) mass is 537 g/mol. The van der Waals surface area contributed by atoms with Crippen LogP contribution < -0.4 is 10.2 Å². The van der Waals surface area contributed by atoms with E-state index < -0.39 is 17.6 Å². The summed E-state index contributed by atoms with van der Waals surface area (Å²) < 4.78 is 44.3. The zero-order valence-corrected chi connectivity index (χ0v) is 21.9. The summed E-state index contributed by atoms with van der Waals surface area (Å²) in [7, 11) is 1.84. The minimum absolute atomic E-state index is 0.00551. The summed E-state index contributed by atoms with van der Waals surface area (Å²) in [5.74, 6) is 0.276. The first kappa shape index (κ1) is 25.7. The van der Waals surface area contributed by atoms with Gasteiger partial charge in [0.15, 0.2) is 0 Å². The number of fused-ring (bicyclic) bond motifs is 1. The van der Waals surface area contributed by atoms with Crippen LogP contribution in [0, 0.1) is 5.92 Å². The maximum Gasteiger partial charge on any atom is 0.416 e. The lowest BCUT2D eigenvalue weighted by molar-refractivity contribution is -0.138. The number of anilines is 1. The van der Waals surface area contributed by atoms with Gasteiger partial charge in [0, 0.05) is 49.1 Å². The summed E-state index contributed by atoms with van der Waals surface area (Å²) in [5, 5.41) is 11.6. The number of nitrogens with one attached hydrogen (secondary N) is 1. The van der Waals surface area contributed by atoms with Crippen molar-refractivity contribution in [1.82, 2.24) is 20.1 Å². The minimum atomic E-state index is -4.58. The van der Waals surface area contributed by atoms with Crippen LogP contribution in [0.1, 0.15) is 83.4 Å². The Kier molecular flexibility index (Phi) is 6.13. The van der Waals surface area contributed by atoms with Gasteiger partial charge in [-0.05, 0) is 73.1 Å². The molecule has 39 heavy (non-hydrogen) atoms. The molecule has 2 heterocycles. The van der Waals surface area contributed by atoms with E-state index in [2.05, 4.69) is 22.4 Å². The van der Waals surface area contributed by atoms with E-state index in [1.807, 2.05) is 23.7 Å². The van der Waals surface area contributed by atoms with Crippen molar-refractivity contribution in [3.8, 4) is 0 Å². The van der Waals surface area contributed by atoms with Crippen LogP contribution in [0.3, 0.4) is 0 Å². The van der Waals surface area contributed by atoms with E-state index >= 15 is 0 Å². The zero-order valence-electron chi connectivity index (χ0n) is 21.9. The summed E-state index contributed by atoms with van der Waals surface area (Å²) in [4.78, 5) is 26.8. The van der Waals surface area contributed by atoms with E-state index in [4.69, 9.17) is 0 Å². The van der Waals surface area contributed by atoms with Crippen molar-refractivity contribution in [2.45, 2.75) is 69.8 Å². The molecule has 6 rings (SSSR count). The van der Waals surface area contributed by atoms with Crippen LogP contribution in [0.2, 0.25) is 0 Å². The van der Waals surface area contributed by atoms with Crippen LogP contribution in [-0.2, 0) is 31.1 Å². The van der Waals surface area contributed by atoms with Crippen molar-refractivity contribution in [3.63, 3.8) is 0 Å². The van der Waals surface area contributed by atoms with E-state index in [0.717, 1.165) is 24.8 Å². The highest BCUT2D eigenvalue weighted by molar-refractivity contribution is 6.10. The van der Waals surface area contributed by atoms with Gasteiger partial charge in [-0.1, -0.05) is 12.1 Å². The molecule has 1 aliphatic heterocycles. The second-order valence-corrected chi connectivity index (χ2v) is 11.4. The number of carbonyl (C=O) groups excluding carboxylic acids is 2. The maximum absolute atomic E-state index is 14.2. The van der Waals surface area contributed by atoms with Crippen LogP contribution >= 0.6 is 0 Å². The van der Waals surface area contributed by atoms with Crippen LogP contribution in [0.5, 0.6) is 0 Å². The molecule has 1 amide bonds. The number of aromatic nitrogens is 3. The van der Waals surface area contributed by atoms with Gasteiger partial charge in [-0.3, -0.25) is 9.59 Å². The molecule has 2 fully saturated rings. The highest BCUT2D eigenvalue weighted by Crippen LogP contribution is 2.43. The second-order valence-electron chi connectivity index (χ2n) is 11.4. The Bertz CT molecular complexity index is 1450. The molecule has 2 aliphatic carbocycles. The number of amides is 1. The number of alkyl halides is 3. The molecule has 3 aromatic rings. The molecule has 0 radical (unpaired) electrons. The van der Waals surface area contributed by atoms with Crippen LogP contribution in [0.4, 0.5) is 18.9 Å². The van der Waals surface area contributed by atoms with Gasteiger partial charge < -0.3 is 14.8 Å². The largest absolute Gasteiger partial charge is 0.416 e. The number of aryl methyl sites for hydroxylation is 1. The molecule has 3 aliphatic rings. The molecule has 0 saturated heterocycles. The number of Topliss-reactive ketones (excluding diaryl/α,β-unsaturated/α-hetero) is 1. The molecule has 7 nitrogen and oxygen atoms in total. The SMILES string of the molecule is Cn1cnnc1C(c1cccc(N2Cc3c(cc(CNC4(C)CCC4)cc3C(F)(F)F)C2=O)c1)C1CC(=O)C1. The van der Waals surface area contributed by atoms with Crippen LogP contribution in [0.15, 0.2) is 42.7 Å². The average Bonchev–Trinajstić information content (AvgIpc) is 3.43. The van der Waals surface area contributed by atoms with E-state index in [1.54, 1.807) is 24.5 Å². The number of benzene rings is 2. The van der Waals surface area contributed by atoms with Crippen molar-refractivity contribution in [1.29, 1.82) is 0 Å². The molecule has 0 bridgehead atoms. The quantitative estimate of drug-likeness (QED) is 0.452. The summed E-state index contributed by atoms with van der Waals surface area (Å²) in [6.07, 6.45) is 0.953. The number of rotatable bonds is 7. The highest BCUT2D eigenvalue weighted by Gasteiger charge is 2.42. The molecular formula is C29H30F3N5O2. The third kappa shape index (κ3) is 4.64. The molecule has 2 aromatic carbocycles. The van der Waals surface area contributed by atoms with Crippen LogP contribution in [0.25, 0.3) is 0 Å². The van der Waals surface area contributed by atoms with Crippen molar-refractivity contribution in [3.05, 3.63) is 76.4 Å². The Hall–Kier alpha value is -3.53. The summed E-state index contributed by atoms with van der Waals surface area (Å²) in [5.41, 5.74) is 1.09. The van der Waals surface area contributed by atoms with E-state index in [-0.39, 0.29) is 47.4 Å². The Morgan fingerprint density at radius 2 is 1.92 bits per heavy atom. The molecule has 1 aromatic heterocycles. The molecule has 0 spiro atoms. The van der Waals surface area contributed by atoms with Gasteiger partial charge in [-0.2, -0.15) is 13.2 Å². The Morgan fingerprint density at radius 3 is 2.54 bits per heavy atom. The predicted molar refractivity (Wildman–Crippen MR) is 138 cm³/mol. The first-order valence-electron chi connectivity index (χ1n) is 13.3. The summed E-state index contributed by atoms with van der Waals surface area (Å²) in [6.45, 7) is 2.19. The summed E-state index contributed by atoms with van der Waals surface area (Å²) >= 11 is 0. The topological polar surface area (TPSA) is 80.1 Å². The van der Waals surface area contributed by atoms with Gasteiger partial charge in [0.05, 0.1) is 12.1 Å². The third-order valence-electron chi connectivity index (χ3n) is 8.60. The standard InChI is InChI=1S/C29H30F3N5O2/c1-28(7-4-8-28)33-14-17-9-22-23(24(10-17)29(30,31)32)15-37(27(22)39)20-6-3-5-18(11-20)25(19-12-21(38)13-19)26-35-34-16-36(26)2/h3,5-6,9-11,16,19,25,33H,4,7-8,12-15H2,1-2H3. The van der Waals surface area contributed by atoms with Crippen molar-refractivity contribution in [2.75, 3.05) is 4.90 Å². The van der Waals surface area contributed by atoms with Crippen molar-refractivity contribution in [2.24, 2.45) is 13.0 Å². The van der Waals surface area contributed by atoms with Crippen molar-refractivity contribution >= 4 is 17.4 Å². The van der Waals surface area contributed by atoms with Crippen LogP contribution in [-0.4, -0.2) is 32.0 Å². The highest BCUT2D eigenvalue weighted by atomic mass is 19.4. The van der Waals surface area contributed by atoms with E-state index in [9.17, 15) is 22.8 Å². The molecule has 204 valence electrons. The lowest BCUT2D eigenvalue weighted by Gasteiger charge is -2.39. The van der Waals surface area contributed by atoms with E-state index in [1.165, 1.54) is 11.0 Å². The minimum Gasteiger partial charge on any atom is -0.320 e. The Labute approximate surface area is 224 Å². The smallest absolute Gasteiger partial charge is 0.320 e. The zero-order chi connectivity index (χ0) is 27.5. The number of halogens is 3.